The Labute approximate surface area is 258 Å². The Kier molecular flexibility index (Phi) is 7.52. The van der Waals surface area contributed by atoms with Crippen LogP contribution in [0.4, 0.5) is 16.2 Å². The van der Waals surface area contributed by atoms with Crippen molar-refractivity contribution in [1.82, 2.24) is 24.6 Å². The van der Waals surface area contributed by atoms with Gasteiger partial charge in [0.1, 0.15) is 24.0 Å². The largest absolute Gasteiger partial charge is 0.462 e. The first-order chi connectivity index (χ1) is 21.2. The van der Waals surface area contributed by atoms with Gasteiger partial charge in [0, 0.05) is 19.5 Å². The maximum atomic E-state index is 16.7. The molecule has 0 spiro atoms. The number of nitrogens with zero attached hydrogens (tertiary/aromatic N) is 5. The molecule has 0 radical (unpaired) electrons. The summed E-state index contributed by atoms with van der Waals surface area (Å²) < 4.78 is 55.5. The molecule has 4 aromatic rings. The summed E-state index contributed by atoms with van der Waals surface area (Å²) in [4.78, 5) is 27.1. The number of ether oxygens (including phenoxy) is 2. The molecule has 0 bridgehead atoms. The second kappa shape index (κ2) is 10.9. The number of nitrogens with two attached hydrogens (primary N) is 1. The Balaban J connectivity index is 1.30. The lowest BCUT2D eigenvalue weighted by Crippen LogP contribution is -2.45. The molecule has 6 rings (SSSR count). The Morgan fingerprint density at radius 1 is 1.20 bits per heavy atom. The lowest BCUT2D eigenvalue weighted by atomic mass is 9.97. The highest BCUT2D eigenvalue weighted by Gasteiger charge is 2.85. The van der Waals surface area contributed by atoms with Gasteiger partial charge in [0.15, 0.2) is 34.5 Å². The monoisotopic (exact) mass is 643 g/mol. The van der Waals surface area contributed by atoms with Crippen LogP contribution < -0.4 is 20.2 Å². The van der Waals surface area contributed by atoms with Crippen LogP contribution in [-0.4, -0.2) is 80.3 Å². The van der Waals surface area contributed by atoms with Gasteiger partial charge in [-0.15, -0.1) is 0 Å². The second-order valence-electron chi connectivity index (χ2n) is 11.9. The number of aromatic nitrogens is 4. The minimum Gasteiger partial charge on any atom is -0.462 e. The molecule has 2 unspecified atom stereocenters. The molecule has 2 fully saturated rings. The predicted octanol–water partition coefficient (Wildman–Crippen LogP) is 3.50. The van der Waals surface area contributed by atoms with Crippen molar-refractivity contribution in [2.24, 2.45) is 0 Å². The summed E-state index contributed by atoms with van der Waals surface area (Å²) in [5, 5.41) is 15.7. The number of hydrogen-bond acceptors (Lipinski definition) is 12. The number of alkyl halides is 1. The first kappa shape index (κ1) is 31.1. The number of fused-ring (bicyclic) bond motifs is 3. The summed E-state index contributed by atoms with van der Waals surface area (Å²) in [6, 6.07) is 11.2. The van der Waals surface area contributed by atoms with E-state index in [0.29, 0.717) is 16.7 Å². The van der Waals surface area contributed by atoms with Crippen LogP contribution in [-0.2, 0) is 23.4 Å². The molecular weight excluding hydrogens is 608 g/mol. The molecule has 7 atom stereocenters. The van der Waals surface area contributed by atoms with Crippen molar-refractivity contribution in [2.75, 3.05) is 24.7 Å². The van der Waals surface area contributed by atoms with Gasteiger partial charge < -0.3 is 29.7 Å². The van der Waals surface area contributed by atoms with Gasteiger partial charge in [-0.05, 0) is 39.1 Å². The van der Waals surface area contributed by atoms with Crippen molar-refractivity contribution in [2.45, 2.75) is 69.5 Å². The SMILES string of the molecule is CC(C)OC(=O)[C@@H](C)NP(=O)(Oc1cccc2ccccc12)OC1[C@H]2O[C@@H](n3cnc4c(N(C)C)nc(N)nc43)[C@](C)(F)[C@@]12O. The van der Waals surface area contributed by atoms with Gasteiger partial charge in [-0.25, -0.2) is 13.9 Å². The standard InChI is InChI=1S/C29H35FN7O7P/c1-15(2)41-25(38)16(3)35-45(40,43-19-13-9-11-17-10-7-8-12-18(17)19)44-22-21-29(22,39)28(4,30)26(42-21)37-14-32-20-23(36(5)6)33-27(31)34-24(20)37/h7-16,21-22,26,39H,1-6H3,(H,35,40)(H2,31,33,34)/t16-,21-,22?,26-,28+,29+,45?/m1/s1. The quantitative estimate of drug-likeness (QED) is 0.169. The molecule has 1 aliphatic carbocycles. The minimum atomic E-state index is -4.51. The van der Waals surface area contributed by atoms with Crippen molar-refractivity contribution in [3.8, 4) is 5.75 Å². The van der Waals surface area contributed by atoms with Gasteiger partial charge in [0.05, 0.1) is 12.4 Å². The third-order valence-electron chi connectivity index (χ3n) is 7.93. The first-order valence-electron chi connectivity index (χ1n) is 14.3. The van der Waals surface area contributed by atoms with Gasteiger partial charge in [-0.2, -0.15) is 15.1 Å². The molecule has 2 aromatic carbocycles. The molecule has 2 aromatic heterocycles. The maximum absolute atomic E-state index is 16.7. The van der Waals surface area contributed by atoms with E-state index in [2.05, 4.69) is 20.0 Å². The van der Waals surface area contributed by atoms with E-state index in [0.717, 1.165) is 12.3 Å². The Bertz CT molecular complexity index is 1830. The van der Waals surface area contributed by atoms with Crippen LogP contribution >= 0.6 is 7.75 Å². The van der Waals surface area contributed by atoms with Crippen molar-refractivity contribution in [3.63, 3.8) is 0 Å². The number of carbonyl (C=O) groups excluding carboxylic acids is 1. The fourth-order valence-electron chi connectivity index (χ4n) is 5.63. The number of hydrogen-bond donors (Lipinski definition) is 3. The van der Waals surface area contributed by atoms with Gasteiger partial charge >= 0.3 is 13.7 Å². The first-order valence-corrected chi connectivity index (χ1v) is 15.9. The van der Waals surface area contributed by atoms with Crippen LogP contribution in [0.2, 0.25) is 0 Å². The molecular formula is C29H35FN7O7P. The summed E-state index contributed by atoms with van der Waals surface area (Å²) in [7, 11) is -1.01. The Morgan fingerprint density at radius 3 is 2.58 bits per heavy atom. The summed E-state index contributed by atoms with van der Waals surface area (Å²) >= 11 is 0. The van der Waals surface area contributed by atoms with E-state index in [1.165, 1.54) is 17.8 Å². The molecule has 0 amide bonds. The van der Waals surface area contributed by atoms with E-state index in [-0.39, 0.29) is 17.3 Å². The summed E-state index contributed by atoms with van der Waals surface area (Å²) in [5.41, 5.74) is 1.72. The van der Waals surface area contributed by atoms with E-state index in [4.69, 9.17) is 24.3 Å². The molecule has 240 valence electrons. The van der Waals surface area contributed by atoms with Crippen LogP contribution in [0.1, 0.15) is 33.9 Å². The van der Waals surface area contributed by atoms with E-state index in [1.54, 1.807) is 57.1 Å². The van der Waals surface area contributed by atoms with Gasteiger partial charge in [-0.3, -0.25) is 13.9 Å². The highest BCUT2D eigenvalue weighted by Crippen LogP contribution is 2.66. The Hall–Kier alpha value is -3.88. The molecule has 2 aliphatic rings. The average Bonchev–Trinajstić information content (AvgIpc) is 3.21. The minimum absolute atomic E-state index is 0.0562. The Morgan fingerprint density at radius 2 is 1.91 bits per heavy atom. The fourth-order valence-corrected chi connectivity index (χ4v) is 7.36. The van der Waals surface area contributed by atoms with Crippen molar-refractivity contribution < 1.29 is 37.4 Å². The van der Waals surface area contributed by atoms with Crippen LogP contribution in [0, 0.1) is 0 Å². The zero-order chi connectivity index (χ0) is 32.5. The average molecular weight is 644 g/mol. The molecule has 16 heteroatoms. The summed E-state index contributed by atoms with van der Waals surface area (Å²) in [6.07, 6.45) is -3.19. The van der Waals surface area contributed by atoms with Crippen molar-refractivity contribution in [3.05, 3.63) is 48.8 Å². The number of nitrogens with one attached hydrogen (secondary N) is 1. The van der Waals surface area contributed by atoms with Crippen LogP contribution in [0.5, 0.6) is 5.75 Å². The van der Waals surface area contributed by atoms with Crippen LogP contribution in [0.15, 0.2) is 48.8 Å². The smallest absolute Gasteiger partial charge is 0.459 e. The maximum Gasteiger partial charge on any atom is 0.459 e. The van der Waals surface area contributed by atoms with E-state index < -0.39 is 55.6 Å². The number of anilines is 2. The molecule has 4 N–H and O–H groups in total. The number of rotatable bonds is 10. The lowest BCUT2D eigenvalue weighted by Gasteiger charge is -2.32. The number of nitrogen functional groups attached to an aromatic ring is 1. The van der Waals surface area contributed by atoms with E-state index >= 15 is 4.39 Å². The van der Waals surface area contributed by atoms with Crippen molar-refractivity contribution in [1.29, 1.82) is 0 Å². The summed E-state index contributed by atoms with van der Waals surface area (Å²) in [6.45, 7) is 5.93. The van der Waals surface area contributed by atoms with Gasteiger partial charge in [-0.1, -0.05) is 36.4 Å². The molecule has 1 saturated carbocycles. The van der Waals surface area contributed by atoms with Crippen LogP contribution in [0.3, 0.4) is 0 Å². The van der Waals surface area contributed by atoms with Crippen molar-refractivity contribution >= 4 is 47.4 Å². The van der Waals surface area contributed by atoms with Crippen LogP contribution in [0.25, 0.3) is 21.9 Å². The van der Waals surface area contributed by atoms with E-state index in [1.807, 2.05) is 18.2 Å². The van der Waals surface area contributed by atoms with Gasteiger partial charge in [0.2, 0.25) is 5.95 Å². The molecule has 14 nitrogen and oxygen atoms in total. The molecule has 3 heterocycles. The third-order valence-corrected chi connectivity index (χ3v) is 9.58. The molecule has 45 heavy (non-hydrogen) atoms. The lowest BCUT2D eigenvalue weighted by molar-refractivity contribution is -0.149. The second-order valence-corrected chi connectivity index (χ2v) is 13.5. The topological polar surface area (TPSA) is 176 Å². The third kappa shape index (κ3) is 5.18. The zero-order valence-electron chi connectivity index (χ0n) is 25.5. The van der Waals surface area contributed by atoms with Gasteiger partial charge in [0.25, 0.3) is 0 Å². The fraction of sp³-hybridized carbons (Fsp3) is 0.448. The number of benzene rings is 2. The number of aliphatic hydroxyl groups is 1. The van der Waals surface area contributed by atoms with E-state index in [9.17, 15) is 14.5 Å². The molecule has 1 saturated heterocycles. The normalized spacial score (nSPS) is 27.7. The number of halogens is 1. The number of esters is 1. The summed E-state index contributed by atoms with van der Waals surface area (Å²) in [5.74, 6) is -0.157. The zero-order valence-corrected chi connectivity index (χ0v) is 26.4. The molecule has 1 aliphatic heterocycles. The predicted molar refractivity (Wildman–Crippen MR) is 163 cm³/mol. The highest BCUT2D eigenvalue weighted by atomic mass is 31.2. The number of imidazole rings is 1. The highest BCUT2D eigenvalue weighted by molar-refractivity contribution is 7.52. The number of carbonyl (C=O) groups is 1.